The van der Waals surface area contributed by atoms with Crippen molar-refractivity contribution in [3.8, 4) is 0 Å². The van der Waals surface area contributed by atoms with Gasteiger partial charge in [0.2, 0.25) is 6.10 Å². The van der Waals surface area contributed by atoms with Crippen molar-refractivity contribution in [2.75, 3.05) is 6.61 Å². The summed E-state index contributed by atoms with van der Waals surface area (Å²) in [6.07, 6.45) is -7.44. The van der Waals surface area contributed by atoms with Gasteiger partial charge in [0.1, 0.15) is 6.10 Å². The maximum Gasteiger partial charge on any atom is 0.428 e. The molecule has 22 heavy (non-hydrogen) atoms. The molecule has 0 N–H and O–H groups in total. The van der Waals surface area contributed by atoms with Crippen LogP contribution in [0.5, 0.6) is 0 Å². The zero-order valence-electron chi connectivity index (χ0n) is 11.9. The predicted molar refractivity (Wildman–Crippen MR) is 70.7 cm³/mol. The van der Waals surface area contributed by atoms with Gasteiger partial charge in [0.25, 0.3) is 0 Å². The van der Waals surface area contributed by atoms with Gasteiger partial charge in [-0.3, -0.25) is 4.79 Å². The first kappa shape index (κ1) is 16.5. The SMILES string of the molecule is CC(=O)c1ccc(C(=O)O[C@H]([C@H]2CCCO2)C(F)(F)F)cc1. The molecule has 0 amide bonds. The highest BCUT2D eigenvalue weighted by Crippen LogP contribution is 2.31. The Morgan fingerprint density at radius 1 is 1.23 bits per heavy atom. The summed E-state index contributed by atoms with van der Waals surface area (Å²) in [5.74, 6) is -1.29. The Labute approximate surface area is 125 Å². The molecule has 1 saturated heterocycles. The van der Waals surface area contributed by atoms with E-state index in [2.05, 4.69) is 4.74 Å². The number of carbonyl (C=O) groups is 2. The lowest BCUT2D eigenvalue weighted by molar-refractivity contribution is -0.230. The Morgan fingerprint density at radius 3 is 2.27 bits per heavy atom. The largest absolute Gasteiger partial charge is 0.446 e. The van der Waals surface area contributed by atoms with Crippen LogP contribution in [-0.2, 0) is 9.47 Å². The third-order valence-corrected chi connectivity index (χ3v) is 3.39. The fraction of sp³-hybridized carbons (Fsp3) is 0.467. The summed E-state index contributed by atoms with van der Waals surface area (Å²) in [6.45, 7) is 1.58. The van der Waals surface area contributed by atoms with E-state index in [0.29, 0.717) is 12.0 Å². The lowest BCUT2D eigenvalue weighted by atomic mass is 10.1. The number of esters is 1. The van der Waals surface area contributed by atoms with E-state index in [1.54, 1.807) is 0 Å². The molecule has 1 fully saturated rings. The first-order chi connectivity index (χ1) is 10.3. The second-order valence-corrected chi connectivity index (χ2v) is 5.05. The van der Waals surface area contributed by atoms with Crippen LogP contribution in [0.2, 0.25) is 0 Å². The van der Waals surface area contributed by atoms with E-state index >= 15 is 0 Å². The molecule has 0 radical (unpaired) electrons. The minimum Gasteiger partial charge on any atom is -0.446 e. The number of halogens is 3. The van der Waals surface area contributed by atoms with Crippen molar-refractivity contribution < 1.29 is 32.2 Å². The maximum absolute atomic E-state index is 13.0. The molecular formula is C15H15F3O4. The number of ether oxygens (including phenoxy) is 2. The second-order valence-electron chi connectivity index (χ2n) is 5.05. The van der Waals surface area contributed by atoms with E-state index < -0.39 is 24.4 Å². The number of Topliss-reactive ketones (excluding diaryl/α,β-unsaturated/α-hetero) is 1. The third kappa shape index (κ3) is 3.85. The first-order valence-corrected chi connectivity index (χ1v) is 6.79. The smallest absolute Gasteiger partial charge is 0.428 e. The van der Waals surface area contributed by atoms with Crippen molar-refractivity contribution in [2.45, 2.75) is 38.1 Å². The average molecular weight is 316 g/mol. The fourth-order valence-electron chi connectivity index (χ4n) is 2.22. The van der Waals surface area contributed by atoms with Crippen LogP contribution < -0.4 is 0 Å². The summed E-state index contributed by atoms with van der Waals surface area (Å²) >= 11 is 0. The molecule has 0 aliphatic carbocycles. The maximum atomic E-state index is 13.0. The molecule has 1 aromatic carbocycles. The number of alkyl halides is 3. The van der Waals surface area contributed by atoms with Crippen molar-refractivity contribution in [3.63, 3.8) is 0 Å². The molecule has 0 unspecified atom stereocenters. The molecule has 120 valence electrons. The van der Waals surface area contributed by atoms with E-state index in [9.17, 15) is 22.8 Å². The normalized spacial score (nSPS) is 19.7. The minimum atomic E-state index is -4.69. The molecule has 1 heterocycles. The van der Waals surface area contributed by atoms with Gasteiger partial charge in [0, 0.05) is 12.2 Å². The molecule has 0 bridgehead atoms. The highest BCUT2D eigenvalue weighted by molar-refractivity contribution is 5.96. The van der Waals surface area contributed by atoms with Crippen LogP contribution in [0.25, 0.3) is 0 Å². The zero-order chi connectivity index (χ0) is 16.3. The Hall–Kier alpha value is -1.89. The van der Waals surface area contributed by atoms with E-state index in [-0.39, 0.29) is 24.4 Å². The quantitative estimate of drug-likeness (QED) is 0.632. The lowest BCUT2D eigenvalue weighted by Gasteiger charge is -2.25. The number of ketones is 1. The van der Waals surface area contributed by atoms with Gasteiger partial charge in [-0.2, -0.15) is 13.2 Å². The van der Waals surface area contributed by atoms with Gasteiger partial charge >= 0.3 is 12.1 Å². The van der Waals surface area contributed by atoms with Gasteiger partial charge in [-0.15, -0.1) is 0 Å². The highest BCUT2D eigenvalue weighted by atomic mass is 19.4. The molecule has 2 atom stereocenters. The van der Waals surface area contributed by atoms with Crippen LogP contribution >= 0.6 is 0 Å². The molecule has 1 aliphatic rings. The van der Waals surface area contributed by atoms with Crippen molar-refractivity contribution in [1.29, 1.82) is 0 Å². The number of carbonyl (C=O) groups excluding carboxylic acids is 2. The summed E-state index contributed by atoms with van der Waals surface area (Å²) in [6, 6.07) is 5.27. The number of hydrogen-bond donors (Lipinski definition) is 0. The summed E-state index contributed by atoms with van der Waals surface area (Å²) in [5.41, 5.74) is 0.320. The Kier molecular flexibility index (Phi) is 4.85. The molecule has 0 spiro atoms. The lowest BCUT2D eigenvalue weighted by Crippen LogP contribution is -2.43. The summed E-state index contributed by atoms with van der Waals surface area (Å²) in [7, 11) is 0. The van der Waals surface area contributed by atoms with Crippen LogP contribution in [0.1, 0.15) is 40.5 Å². The molecule has 1 aliphatic heterocycles. The molecule has 0 aromatic heterocycles. The van der Waals surface area contributed by atoms with Crippen LogP contribution in [0, 0.1) is 0 Å². The Morgan fingerprint density at radius 2 is 1.82 bits per heavy atom. The molecule has 7 heteroatoms. The number of rotatable bonds is 4. The number of hydrogen-bond acceptors (Lipinski definition) is 4. The number of benzene rings is 1. The van der Waals surface area contributed by atoms with Crippen LogP contribution in [0.15, 0.2) is 24.3 Å². The molecule has 2 rings (SSSR count). The highest BCUT2D eigenvalue weighted by Gasteiger charge is 2.49. The van der Waals surface area contributed by atoms with Gasteiger partial charge < -0.3 is 9.47 Å². The van der Waals surface area contributed by atoms with Crippen LogP contribution in [-0.4, -0.2) is 36.7 Å². The minimum absolute atomic E-state index is 0.0442. The van der Waals surface area contributed by atoms with Crippen molar-refractivity contribution in [3.05, 3.63) is 35.4 Å². The summed E-state index contributed by atoms with van der Waals surface area (Å²) in [5, 5.41) is 0. The van der Waals surface area contributed by atoms with Gasteiger partial charge in [-0.05, 0) is 31.9 Å². The van der Waals surface area contributed by atoms with Gasteiger partial charge in [-0.25, -0.2) is 4.79 Å². The van der Waals surface area contributed by atoms with Gasteiger partial charge in [0.05, 0.1) is 5.56 Å². The predicted octanol–water partition coefficient (Wildman–Crippen LogP) is 3.16. The summed E-state index contributed by atoms with van der Waals surface area (Å²) < 4.78 is 48.6. The molecular weight excluding hydrogens is 301 g/mol. The zero-order valence-corrected chi connectivity index (χ0v) is 11.9. The monoisotopic (exact) mass is 316 g/mol. The molecule has 0 saturated carbocycles. The van der Waals surface area contributed by atoms with Crippen molar-refractivity contribution in [1.82, 2.24) is 0 Å². The third-order valence-electron chi connectivity index (χ3n) is 3.39. The molecule has 4 nitrogen and oxygen atoms in total. The second kappa shape index (κ2) is 6.48. The Balaban J connectivity index is 2.11. The van der Waals surface area contributed by atoms with Crippen LogP contribution in [0.4, 0.5) is 13.2 Å². The van der Waals surface area contributed by atoms with E-state index in [4.69, 9.17) is 4.74 Å². The first-order valence-electron chi connectivity index (χ1n) is 6.79. The van der Waals surface area contributed by atoms with Crippen molar-refractivity contribution >= 4 is 11.8 Å². The van der Waals surface area contributed by atoms with Crippen LogP contribution in [0.3, 0.4) is 0 Å². The Bertz CT molecular complexity index is 545. The van der Waals surface area contributed by atoms with Gasteiger partial charge in [0.15, 0.2) is 5.78 Å². The standard InChI is InChI=1S/C15H15F3O4/c1-9(19)10-4-6-11(7-5-10)14(20)22-13(15(16,17)18)12-3-2-8-21-12/h4-7,12-13H,2-3,8H2,1H3/t12-,13-/m1/s1. The summed E-state index contributed by atoms with van der Waals surface area (Å²) in [4.78, 5) is 23.0. The van der Waals surface area contributed by atoms with E-state index in [1.165, 1.54) is 31.2 Å². The average Bonchev–Trinajstić information content (AvgIpc) is 2.97. The van der Waals surface area contributed by atoms with E-state index in [1.807, 2.05) is 0 Å². The van der Waals surface area contributed by atoms with Crippen molar-refractivity contribution in [2.24, 2.45) is 0 Å². The van der Waals surface area contributed by atoms with E-state index in [0.717, 1.165) is 0 Å². The van der Waals surface area contributed by atoms with Gasteiger partial charge in [-0.1, -0.05) is 12.1 Å². The fourth-order valence-corrected chi connectivity index (χ4v) is 2.22. The topological polar surface area (TPSA) is 52.6 Å². The molecule has 1 aromatic rings.